The van der Waals surface area contributed by atoms with E-state index in [1.54, 1.807) is 0 Å². The summed E-state index contributed by atoms with van der Waals surface area (Å²) in [5, 5.41) is 3.79. The molecule has 1 nitrogen and oxygen atoms in total. The molecule has 0 aliphatic rings. The standard InChI is InChI=1S/C14H15N.2C2H6/c1-4-8-11-12-9-6-7-10-14(12)15(3)13(11)5-2;2*1-2/h4-10H,1H2,2-3H3;2*1-2H3/b11-8-,13-5+;;. The third kappa shape index (κ3) is 3.60. The van der Waals surface area contributed by atoms with E-state index in [0.717, 1.165) is 0 Å². The van der Waals surface area contributed by atoms with Crippen molar-refractivity contribution in [2.45, 2.75) is 34.6 Å². The monoisotopic (exact) mass is 257 g/mol. The van der Waals surface area contributed by atoms with Gasteiger partial charge in [0.1, 0.15) is 0 Å². The van der Waals surface area contributed by atoms with Crippen LogP contribution < -0.4 is 10.6 Å². The fraction of sp³-hybridized carbons (Fsp3) is 0.333. The van der Waals surface area contributed by atoms with Crippen LogP contribution in [0.1, 0.15) is 34.6 Å². The second-order valence-corrected chi connectivity index (χ2v) is 3.57. The smallest absolute Gasteiger partial charge is 0.0488 e. The topological polar surface area (TPSA) is 4.93 Å². The van der Waals surface area contributed by atoms with Gasteiger partial charge in [-0.3, -0.25) is 0 Å². The third-order valence-electron chi connectivity index (χ3n) is 2.75. The first kappa shape index (κ1) is 17.2. The number of benzene rings is 1. The fourth-order valence-electron chi connectivity index (χ4n) is 2.08. The van der Waals surface area contributed by atoms with Crippen molar-refractivity contribution in [1.29, 1.82) is 0 Å². The molecule has 0 saturated heterocycles. The maximum Gasteiger partial charge on any atom is 0.0488 e. The molecule has 0 fully saturated rings. The average Bonchev–Trinajstić information content (AvgIpc) is 2.77. The van der Waals surface area contributed by atoms with Crippen LogP contribution >= 0.6 is 0 Å². The number of hydrogen-bond acceptors (Lipinski definition) is 0. The van der Waals surface area contributed by atoms with Crippen LogP contribution in [0.4, 0.5) is 0 Å². The molecule has 0 radical (unpaired) electrons. The highest BCUT2D eigenvalue weighted by atomic mass is 14.9. The highest BCUT2D eigenvalue weighted by Gasteiger charge is 2.01. The highest BCUT2D eigenvalue weighted by Crippen LogP contribution is 2.06. The lowest BCUT2D eigenvalue weighted by atomic mass is 10.2. The molecule has 1 heterocycles. The molecule has 2 rings (SSSR count). The maximum absolute atomic E-state index is 3.77. The predicted octanol–water partition coefficient (Wildman–Crippen LogP) is 4.00. The Labute approximate surface area is 117 Å². The number of nitrogens with zero attached hydrogens (tertiary/aromatic N) is 1. The Morgan fingerprint density at radius 3 is 2.16 bits per heavy atom. The van der Waals surface area contributed by atoms with E-state index in [-0.39, 0.29) is 0 Å². The SMILES string of the molecule is C=C/C=c1\c(=C/C)n(C)c2ccccc12.CC.CC. The second kappa shape index (κ2) is 9.21. The second-order valence-electron chi connectivity index (χ2n) is 3.57. The van der Waals surface area contributed by atoms with Gasteiger partial charge in [0.15, 0.2) is 0 Å². The Balaban J connectivity index is 0.000000741. The number of fused-ring (bicyclic) bond motifs is 1. The van der Waals surface area contributed by atoms with Crippen molar-refractivity contribution in [1.82, 2.24) is 4.57 Å². The Hall–Kier alpha value is -1.76. The van der Waals surface area contributed by atoms with Crippen LogP contribution in [0.15, 0.2) is 36.9 Å². The lowest BCUT2D eigenvalue weighted by molar-refractivity contribution is 0.924. The Bertz CT molecular complexity index is 615. The van der Waals surface area contributed by atoms with Gasteiger partial charge in [-0.2, -0.15) is 0 Å². The molecule has 0 aliphatic carbocycles. The average molecular weight is 257 g/mol. The summed E-state index contributed by atoms with van der Waals surface area (Å²) >= 11 is 0. The predicted molar refractivity (Wildman–Crippen MR) is 89.7 cm³/mol. The van der Waals surface area contributed by atoms with Crippen molar-refractivity contribution in [2.75, 3.05) is 0 Å². The van der Waals surface area contributed by atoms with E-state index in [2.05, 4.69) is 61.5 Å². The lowest BCUT2D eigenvalue weighted by Crippen LogP contribution is -2.26. The summed E-state index contributed by atoms with van der Waals surface area (Å²) in [4.78, 5) is 0. The molecule has 1 heteroatoms. The van der Waals surface area contributed by atoms with Crippen LogP contribution in [0.5, 0.6) is 0 Å². The zero-order valence-electron chi connectivity index (χ0n) is 13.2. The van der Waals surface area contributed by atoms with Crippen molar-refractivity contribution in [3.63, 3.8) is 0 Å². The molecule has 0 amide bonds. The molecule has 0 saturated carbocycles. The summed E-state index contributed by atoms with van der Waals surface area (Å²) in [7, 11) is 2.10. The van der Waals surface area contributed by atoms with E-state index < -0.39 is 0 Å². The van der Waals surface area contributed by atoms with Crippen molar-refractivity contribution < 1.29 is 0 Å². The molecule has 0 atom stereocenters. The number of para-hydroxylation sites is 1. The van der Waals surface area contributed by atoms with E-state index in [1.807, 2.05) is 33.8 Å². The first-order valence-corrected chi connectivity index (χ1v) is 7.12. The number of aromatic nitrogens is 1. The minimum Gasteiger partial charge on any atom is -0.344 e. The fourth-order valence-corrected chi connectivity index (χ4v) is 2.08. The van der Waals surface area contributed by atoms with Gasteiger partial charge in [0, 0.05) is 28.5 Å². The molecule has 0 bridgehead atoms. The van der Waals surface area contributed by atoms with Crippen molar-refractivity contribution >= 4 is 23.1 Å². The lowest BCUT2D eigenvalue weighted by Gasteiger charge is -1.94. The van der Waals surface area contributed by atoms with Gasteiger partial charge >= 0.3 is 0 Å². The number of allylic oxidation sites excluding steroid dienone is 1. The van der Waals surface area contributed by atoms with Gasteiger partial charge in [-0.05, 0) is 13.0 Å². The van der Waals surface area contributed by atoms with Crippen LogP contribution in [0.2, 0.25) is 0 Å². The molecular weight excluding hydrogens is 230 g/mol. The van der Waals surface area contributed by atoms with Crippen LogP contribution in [0, 0.1) is 0 Å². The van der Waals surface area contributed by atoms with E-state index in [1.165, 1.54) is 21.5 Å². The van der Waals surface area contributed by atoms with Gasteiger partial charge in [0.2, 0.25) is 0 Å². The molecular formula is C18H27N. The van der Waals surface area contributed by atoms with Crippen LogP contribution in [-0.2, 0) is 7.05 Å². The van der Waals surface area contributed by atoms with Gasteiger partial charge in [0.25, 0.3) is 0 Å². The quantitative estimate of drug-likeness (QED) is 0.728. The van der Waals surface area contributed by atoms with E-state index in [0.29, 0.717) is 0 Å². The summed E-state index contributed by atoms with van der Waals surface area (Å²) in [6.07, 6.45) is 6.04. The van der Waals surface area contributed by atoms with Crippen LogP contribution in [0.25, 0.3) is 23.1 Å². The molecule has 19 heavy (non-hydrogen) atoms. The van der Waals surface area contributed by atoms with Gasteiger partial charge in [0.05, 0.1) is 0 Å². The molecule has 0 aliphatic heterocycles. The van der Waals surface area contributed by atoms with E-state index in [4.69, 9.17) is 0 Å². The number of hydrogen-bond donors (Lipinski definition) is 0. The molecule has 0 unspecified atom stereocenters. The Morgan fingerprint density at radius 2 is 1.63 bits per heavy atom. The zero-order chi connectivity index (χ0) is 14.8. The van der Waals surface area contributed by atoms with Gasteiger partial charge in [-0.1, -0.05) is 70.7 Å². The normalized spacial score (nSPS) is 11.5. The minimum atomic E-state index is 1.25. The van der Waals surface area contributed by atoms with Crippen molar-refractivity contribution in [3.05, 3.63) is 47.5 Å². The Kier molecular flexibility index (Phi) is 8.35. The largest absolute Gasteiger partial charge is 0.344 e. The van der Waals surface area contributed by atoms with Crippen molar-refractivity contribution in [3.8, 4) is 0 Å². The van der Waals surface area contributed by atoms with Crippen molar-refractivity contribution in [2.24, 2.45) is 7.05 Å². The minimum absolute atomic E-state index is 1.25. The summed E-state index contributed by atoms with van der Waals surface area (Å²) < 4.78 is 2.21. The van der Waals surface area contributed by atoms with Gasteiger partial charge in [-0.25, -0.2) is 0 Å². The summed E-state index contributed by atoms with van der Waals surface area (Å²) in [5.41, 5.74) is 1.26. The highest BCUT2D eigenvalue weighted by molar-refractivity contribution is 5.82. The Morgan fingerprint density at radius 1 is 1.05 bits per heavy atom. The molecule has 0 N–H and O–H groups in total. The summed E-state index contributed by atoms with van der Waals surface area (Å²) in [6.45, 7) is 13.8. The number of rotatable bonds is 1. The van der Waals surface area contributed by atoms with Gasteiger partial charge in [-0.15, -0.1) is 0 Å². The first-order chi connectivity index (χ1) is 9.29. The molecule has 0 spiro atoms. The van der Waals surface area contributed by atoms with E-state index in [9.17, 15) is 0 Å². The molecule has 2 aromatic rings. The van der Waals surface area contributed by atoms with E-state index >= 15 is 0 Å². The van der Waals surface area contributed by atoms with Gasteiger partial charge < -0.3 is 4.57 Å². The first-order valence-electron chi connectivity index (χ1n) is 7.12. The zero-order valence-corrected chi connectivity index (χ0v) is 13.2. The number of aryl methyl sites for hydroxylation is 1. The maximum atomic E-state index is 3.77. The van der Waals surface area contributed by atoms with Crippen LogP contribution in [-0.4, -0.2) is 4.57 Å². The van der Waals surface area contributed by atoms with Crippen LogP contribution in [0.3, 0.4) is 0 Å². The summed E-state index contributed by atoms with van der Waals surface area (Å²) in [5.74, 6) is 0. The molecule has 1 aromatic heterocycles. The third-order valence-corrected chi connectivity index (χ3v) is 2.75. The molecule has 104 valence electrons. The molecule has 1 aromatic carbocycles. The summed E-state index contributed by atoms with van der Waals surface area (Å²) in [6, 6.07) is 8.43.